The third-order valence-electron chi connectivity index (χ3n) is 10.3. The van der Waals surface area contributed by atoms with Gasteiger partial charge in [-0.15, -0.1) is 13.2 Å². The second-order valence-corrected chi connectivity index (χ2v) is 12.9. The van der Waals surface area contributed by atoms with E-state index in [9.17, 15) is 19.5 Å². The molecule has 3 amide bonds. The van der Waals surface area contributed by atoms with Gasteiger partial charge in [0.25, 0.3) is 0 Å². The van der Waals surface area contributed by atoms with Gasteiger partial charge in [-0.25, -0.2) is 0 Å². The van der Waals surface area contributed by atoms with Crippen LogP contribution in [0.3, 0.4) is 0 Å². The molecule has 4 aliphatic heterocycles. The highest BCUT2D eigenvalue weighted by Gasteiger charge is 2.75. The molecule has 1 spiro atoms. The maximum atomic E-state index is 14.9. The van der Waals surface area contributed by atoms with Crippen LogP contribution in [-0.4, -0.2) is 119 Å². The number of amides is 3. The Bertz CT molecular complexity index is 1430. The summed E-state index contributed by atoms with van der Waals surface area (Å²) in [6.45, 7) is 12.4. The first-order valence-electron chi connectivity index (χ1n) is 16.7. The SMILES string of the molecule is C=CCN(CCN1CCOCC1)C(=O)C1N([C@H](CO)c2ccccc2)C(=O)[C@@H]2[C@H](C(=O)N(CC=C)Cc3ccccc3)[C@@H]3CCC12O3. The van der Waals surface area contributed by atoms with E-state index >= 15 is 0 Å². The maximum Gasteiger partial charge on any atom is 0.248 e. The second kappa shape index (κ2) is 14.5. The highest BCUT2D eigenvalue weighted by atomic mass is 16.5. The monoisotopic (exact) mass is 642 g/mol. The number of hydrogen-bond donors (Lipinski definition) is 1. The molecule has 6 atom stereocenters. The van der Waals surface area contributed by atoms with Gasteiger partial charge in [0.2, 0.25) is 17.7 Å². The minimum absolute atomic E-state index is 0.178. The van der Waals surface area contributed by atoms with Gasteiger partial charge in [0.1, 0.15) is 11.6 Å². The molecule has 4 heterocycles. The number of ether oxygens (including phenoxy) is 2. The van der Waals surface area contributed by atoms with Gasteiger partial charge < -0.3 is 29.3 Å². The number of benzene rings is 2. The van der Waals surface area contributed by atoms with Crippen LogP contribution in [0, 0.1) is 11.8 Å². The van der Waals surface area contributed by atoms with Crippen molar-refractivity contribution in [3.8, 4) is 0 Å². The summed E-state index contributed by atoms with van der Waals surface area (Å²) < 4.78 is 12.3. The van der Waals surface area contributed by atoms with Crippen molar-refractivity contribution in [1.82, 2.24) is 19.6 Å². The lowest BCUT2D eigenvalue weighted by atomic mass is 9.70. The van der Waals surface area contributed by atoms with Crippen molar-refractivity contribution >= 4 is 17.7 Å². The quantitative estimate of drug-likeness (QED) is 0.316. The number of nitrogens with zero attached hydrogens (tertiary/aromatic N) is 4. The summed E-state index contributed by atoms with van der Waals surface area (Å²) in [6, 6.07) is 17.2. The molecule has 4 saturated heterocycles. The van der Waals surface area contributed by atoms with Gasteiger partial charge in [0.05, 0.1) is 43.8 Å². The van der Waals surface area contributed by atoms with Crippen LogP contribution in [0.1, 0.15) is 30.0 Å². The smallest absolute Gasteiger partial charge is 0.248 e. The van der Waals surface area contributed by atoms with E-state index in [1.165, 1.54) is 0 Å². The van der Waals surface area contributed by atoms with Crippen LogP contribution in [0.15, 0.2) is 86.0 Å². The van der Waals surface area contributed by atoms with Crippen molar-refractivity contribution in [2.75, 3.05) is 59.1 Å². The number of likely N-dealkylation sites (tertiary alicyclic amines) is 1. The molecule has 4 aliphatic rings. The predicted molar refractivity (Wildman–Crippen MR) is 177 cm³/mol. The first-order chi connectivity index (χ1) is 22.9. The maximum absolute atomic E-state index is 14.9. The summed E-state index contributed by atoms with van der Waals surface area (Å²) in [5.74, 6) is -2.35. The molecular weight excluding hydrogens is 596 g/mol. The summed E-state index contributed by atoms with van der Waals surface area (Å²) in [5.41, 5.74) is 0.501. The van der Waals surface area contributed by atoms with Crippen molar-refractivity contribution < 1.29 is 29.0 Å². The molecule has 0 aliphatic carbocycles. The Kier molecular flexibility index (Phi) is 10.2. The van der Waals surface area contributed by atoms with E-state index in [2.05, 4.69) is 18.1 Å². The molecule has 6 rings (SSSR count). The van der Waals surface area contributed by atoms with Crippen molar-refractivity contribution in [2.45, 2.75) is 43.2 Å². The number of aliphatic hydroxyl groups excluding tert-OH is 1. The number of hydrogen-bond acceptors (Lipinski definition) is 7. The molecule has 4 fully saturated rings. The molecule has 0 radical (unpaired) electrons. The van der Waals surface area contributed by atoms with Gasteiger partial charge in [0, 0.05) is 45.8 Å². The molecular formula is C37H46N4O6. The minimum atomic E-state index is -1.19. The number of morpholine rings is 1. The van der Waals surface area contributed by atoms with Crippen LogP contribution in [0.5, 0.6) is 0 Å². The third-order valence-corrected chi connectivity index (χ3v) is 10.3. The van der Waals surface area contributed by atoms with Crippen LogP contribution in [0.4, 0.5) is 0 Å². The molecule has 2 aromatic rings. The number of carbonyl (C=O) groups is 3. The Hall–Kier alpha value is -3.83. The lowest BCUT2D eigenvalue weighted by Gasteiger charge is -2.40. The van der Waals surface area contributed by atoms with Gasteiger partial charge in [-0.05, 0) is 24.0 Å². The normalized spacial score (nSPS) is 27.3. The van der Waals surface area contributed by atoms with E-state index in [-0.39, 0.29) is 24.3 Å². The van der Waals surface area contributed by atoms with Crippen molar-refractivity contribution in [3.05, 3.63) is 97.1 Å². The van der Waals surface area contributed by atoms with Gasteiger partial charge >= 0.3 is 0 Å². The Morgan fingerprint density at radius 3 is 2.30 bits per heavy atom. The number of carbonyl (C=O) groups excluding carboxylic acids is 3. The van der Waals surface area contributed by atoms with E-state index in [0.717, 1.165) is 24.2 Å². The summed E-state index contributed by atoms with van der Waals surface area (Å²) in [5, 5.41) is 10.8. The zero-order chi connectivity index (χ0) is 33.0. The number of fused-ring (bicyclic) bond motifs is 1. The molecule has 0 saturated carbocycles. The lowest BCUT2D eigenvalue weighted by molar-refractivity contribution is -0.152. The van der Waals surface area contributed by atoms with Gasteiger partial charge in [-0.2, -0.15) is 0 Å². The molecule has 10 heteroatoms. The van der Waals surface area contributed by atoms with E-state index in [4.69, 9.17) is 9.47 Å². The first-order valence-corrected chi connectivity index (χ1v) is 16.7. The van der Waals surface area contributed by atoms with E-state index in [0.29, 0.717) is 58.8 Å². The van der Waals surface area contributed by atoms with Crippen molar-refractivity contribution in [1.29, 1.82) is 0 Å². The zero-order valence-corrected chi connectivity index (χ0v) is 27.0. The summed E-state index contributed by atoms with van der Waals surface area (Å²) in [4.78, 5) is 51.5. The van der Waals surface area contributed by atoms with E-state index in [1.54, 1.807) is 26.9 Å². The average Bonchev–Trinajstić information content (AvgIpc) is 3.75. The molecule has 10 nitrogen and oxygen atoms in total. The summed E-state index contributed by atoms with van der Waals surface area (Å²) >= 11 is 0. The van der Waals surface area contributed by atoms with Gasteiger partial charge in [-0.3, -0.25) is 19.3 Å². The first kappa shape index (κ1) is 33.1. The van der Waals surface area contributed by atoms with E-state index in [1.807, 2.05) is 60.7 Å². The predicted octanol–water partition coefficient (Wildman–Crippen LogP) is 2.66. The van der Waals surface area contributed by atoms with Crippen molar-refractivity contribution in [2.24, 2.45) is 11.8 Å². The molecule has 2 bridgehead atoms. The highest BCUT2D eigenvalue weighted by Crippen LogP contribution is 2.60. The molecule has 2 unspecified atom stereocenters. The lowest BCUT2D eigenvalue weighted by Crippen LogP contribution is -2.58. The van der Waals surface area contributed by atoms with Crippen LogP contribution in [0.25, 0.3) is 0 Å². The third kappa shape index (κ3) is 6.27. The molecule has 250 valence electrons. The Morgan fingerprint density at radius 2 is 1.64 bits per heavy atom. The summed E-state index contributed by atoms with van der Waals surface area (Å²) in [6.07, 6.45) is 3.95. The minimum Gasteiger partial charge on any atom is -0.394 e. The molecule has 47 heavy (non-hydrogen) atoms. The van der Waals surface area contributed by atoms with Crippen LogP contribution in [-0.2, 0) is 30.4 Å². The van der Waals surface area contributed by atoms with Crippen molar-refractivity contribution in [3.63, 3.8) is 0 Å². The van der Waals surface area contributed by atoms with Crippen LogP contribution < -0.4 is 0 Å². The second-order valence-electron chi connectivity index (χ2n) is 12.9. The topological polar surface area (TPSA) is 103 Å². The number of rotatable bonds is 14. The largest absolute Gasteiger partial charge is 0.394 e. The molecule has 0 aromatic heterocycles. The molecule has 1 N–H and O–H groups in total. The van der Waals surface area contributed by atoms with Gasteiger partial charge in [-0.1, -0.05) is 72.8 Å². The zero-order valence-electron chi connectivity index (χ0n) is 27.0. The Labute approximate surface area is 277 Å². The van der Waals surface area contributed by atoms with Crippen LogP contribution >= 0.6 is 0 Å². The molecule has 2 aromatic carbocycles. The van der Waals surface area contributed by atoms with Gasteiger partial charge in [0.15, 0.2) is 0 Å². The Balaban J connectivity index is 1.36. The standard InChI is InChI=1S/C37H46N4O6/c1-3-17-39(20-19-38-21-23-46-24-22-38)36(45)33-37-16-15-30(47-37)31(34(43)40(18-4-2)25-27-11-7-5-8-12-27)32(37)35(44)41(33)29(26-42)28-13-9-6-10-14-28/h3-14,29-33,42H,1-2,15-26H2/t29-,30+,31-,32+,33?,37?/m1/s1. The fourth-order valence-electron chi connectivity index (χ4n) is 8.13. The highest BCUT2D eigenvalue weighted by molar-refractivity contribution is 5.99. The number of aliphatic hydroxyl groups is 1. The fourth-order valence-corrected chi connectivity index (χ4v) is 8.13. The average molecular weight is 643 g/mol. The summed E-state index contributed by atoms with van der Waals surface area (Å²) in [7, 11) is 0. The van der Waals surface area contributed by atoms with Crippen LogP contribution in [0.2, 0.25) is 0 Å². The Morgan fingerprint density at radius 1 is 0.979 bits per heavy atom. The van der Waals surface area contributed by atoms with E-state index < -0.39 is 35.6 Å². The fraction of sp³-hybridized carbons (Fsp3) is 0.486.